The van der Waals surface area contributed by atoms with E-state index < -0.39 is 5.97 Å². The number of carboxylic acids is 1. The molecule has 0 radical (unpaired) electrons. The molecule has 1 N–H and O–H groups in total. The van der Waals surface area contributed by atoms with Gasteiger partial charge in [-0.15, -0.1) is 0 Å². The van der Waals surface area contributed by atoms with Gasteiger partial charge in [-0.25, -0.2) is 4.79 Å². The van der Waals surface area contributed by atoms with Crippen LogP contribution in [0.15, 0.2) is 18.2 Å². The lowest BCUT2D eigenvalue weighted by molar-refractivity contribution is 0.0698. The van der Waals surface area contributed by atoms with Gasteiger partial charge in [0.05, 0.1) is 5.56 Å². The van der Waals surface area contributed by atoms with Crippen molar-refractivity contribution in [2.24, 2.45) is 0 Å². The third-order valence-corrected chi connectivity index (χ3v) is 3.31. The first-order valence-electron chi connectivity index (χ1n) is 5.85. The summed E-state index contributed by atoms with van der Waals surface area (Å²) in [7, 11) is 3.97. The molecule has 2 rings (SSSR count). The Hall–Kier alpha value is -1.42. The second-order valence-electron chi connectivity index (χ2n) is 4.59. The number of hydrogen-bond donors (Lipinski definition) is 1. The summed E-state index contributed by atoms with van der Waals surface area (Å²) in [5, 5.41) is 8.98. The van der Waals surface area contributed by atoms with Gasteiger partial charge in [0.15, 0.2) is 7.98 Å². The van der Waals surface area contributed by atoms with Gasteiger partial charge in [-0.3, -0.25) is 0 Å². The maximum Gasteiger partial charge on any atom is 0.335 e. The van der Waals surface area contributed by atoms with Gasteiger partial charge < -0.3 is 14.8 Å². The van der Waals surface area contributed by atoms with Crippen molar-refractivity contribution in [3.63, 3.8) is 0 Å². The molecule has 1 heterocycles. The Balaban J connectivity index is 2.17. The number of carbonyl (C=O) groups is 1. The van der Waals surface area contributed by atoms with E-state index in [1.165, 1.54) is 0 Å². The summed E-state index contributed by atoms with van der Waals surface area (Å²) in [5.74, 6) is -0.854. The maximum absolute atomic E-state index is 10.9. The summed E-state index contributed by atoms with van der Waals surface area (Å²) in [6.45, 7) is 4.12. The molecule has 1 aliphatic rings. The highest BCUT2D eigenvalue weighted by atomic mass is 16.4. The molecule has 0 aliphatic carbocycles. The van der Waals surface area contributed by atoms with Gasteiger partial charge in [0.2, 0.25) is 0 Å². The molecule has 0 atom stereocenters. The number of nitrogens with zero attached hydrogens (tertiary/aromatic N) is 2. The standard InChI is InChI=1S/C11H16B2N2O2/c12-10-7-8(1-2-9(10)11(16)17)14-3-5-15(13)6-4-14/h1-2,7H,3-6,12-13H2,(H,16,17). The van der Waals surface area contributed by atoms with Crippen molar-refractivity contribution in [3.05, 3.63) is 23.8 Å². The second kappa shape index (κ2) is 4.84. The van der Waals surface area contributed by atoms with Crippen molar-refractivity contribution in [2.45, 2.75) is 0 Å². The lowest BCUT2D eigenvalue weighted by Crippen LogP contribution is -2.45. The summed E-state index contributed by atoms with van der Waals surface area (Å²) in [5.41, 5.74) is 2.34. The van der Waals surface area contributed by atoms with Crippen LogP contribution in [0.2, 0.25) is 0 Å². The van der Waals surface area contributed by atoms with Gasteiger partial charge in [0.25, 0.3) is 0 Å². The van der Waals surface area contributed by atoms with Crippen LogP contribution < -0.4 is 10.4 Å². The average molecular weight is 230 g/mol. The first-order valence-corrected chi connectivity index (χ1v) is 5.85. The van der Waals surface area contributed by atoms with Gasteiger partial charge in [-0.1, -0.05) is 5.46 Å². The van der Waals surface area contributed by atoms with Crippen molar-refractivity contribution in [1.82, 2.24) is 4.81 Å². The molecule has 1 saturated heterocycles. The first kappa shape index (κ1) is 12.0. The van der Waals surface area contributed by atoms with Gasteiger partial charge in [-0.2, -0.15) is 0 Å². The number of carboxylic acid groups (broad SMARTS) is 1. The predicted molar refractivity (Wildman–Crippen MR) is 73.9 cm³/mol. The van der Waals surface area contributed by atoms with Gasteiger partial charge in [-0.05, 0) is 18.2 Å². The van der Waals surface area contributed by atoms with Crippen LogP contribution in [0.4, 0.5) is 5.69 Å². The van der Waals surface area contributed by atoms with E-state index in [4.69, 9.17) is 5.11 Å². The molecule has 6 heteroatoms. The molecule has 0 aromatic heterocycles. The minimum atomic E-state index is -0.854. The smallest absolute Gasteiger partial charge is 0.335 e. The fourth-order valence-corrected chi connectivity index (χ4v) is 2.15. The zero-order valence-electron chi connectivity index (χ0n) is 10.3. The summed E-state index contributed by atoms with van der Waals surface area (Å²) in [4.78, 5) is 15.5. The largest absolute Gasteiger partial charge is 0.478 e. The van der Waals surface area contributed by atoms with E-state index in [0.29, 0.717) is 5.56 Å². The van der Waals surface area contributed by atoms with Gasteiger partial charge in [0, 0.05) is 31.9 Å². The number of rotatable bonds is 2. The van der Waals surface area contributed by atoms with E-state index in [-0.39, 0.29) is 0 Å². The molecule has 1 aliphatic heterocycles. The Morgan fingerprint density at radius 1 is 1.24 bits per heavy atom. The normalized spacial score (nSPS) is 17.1. The fourth-order valence-electron chi connectivity index (χ4n) is 2.15. The topological polar surface area (TPSA) is 43.8 Å². The molecule has 88 valence electrons. The molecule has 0 bridgehead atoms. The van der Waals surface area contributed by atoms with Crippen LogP contribution in [0.25, 0.3) is 0 Å². The second-order valence-corrected chi connectivity index (χ2v) is 4.59. The molecule has 17 heavy (non-hydrogen) atoms. The summed E-state index contributed by atoms with van der Waals surface area (Å²) in [6.07, 6.45) is 0. The van der Waals surface area contributed by atoms with E-state index >= 15 is 0 Å². The fraction of sp³-hybridized carbons (Fsp3) is 0.364. The third-order valence-electron chi connectivity index (χ3n) is 3.31. The van der Waals surface area contributed by atoms with Crippen molar-refractivity contribution >= 4 is 32.9 Å². The molecule has 0 amide bonds. The Morgan fingerprint density at radius 2 is 1.88 bits per heavy atom. The Kier molecular flexibility index (Phi) is 3.43. The van der Waals surface area contributed by atoms with Gasteiger partial charge in [0.1, 0.15) is 7.85 Å². The highest BCUT2D eigenvalue weighted by Gasteiger charge is 2.15. The molecular weight excluding hydrogens is 214 g/mol. The zero-order valence-corrected chi connectivity index (χ0v) is 10.3. The minimum Gasteiger partial charge on any atom is -0.478 e. The quantitative estimate of drug-likeness (QED) is 0.616. The lowest BCUT2D eigenvalue weighted by Gasteiger charge is -2.34. The first-order chi connectivity index (χ1) is 8.08. The average Bonchev–Trinajstić information content (AvgIpc) is 2.29. The lowest BCUT2D eigenvalue weighted by atomic mass is 9.90. The zero-order chi connectivity index (χ0) is 12.4. The van der Waals surface area contributed by atoms with E-state index in [1.54, 1.807) is 6.07 Å². The molecular formula is C11H16B2N2O2. The van der Waals surface area contributed by atoms with Crippen LogP contribution >= 0.6 is 0 Å². The number of anilines is 1. The number of hydrogen-bond acceptors (Lipinski definition) is 3. The number of benzene rings is 1. The highest BCUT2D eigenvalue weighted by Crippen LogP contribution is 2.15. The molecule has 0 unspecified atom stereocenters. The van der Waals surface area contributed by atoms with Crippen LogP contribution in [-0.4, -0.2) is 57.9 Å². The van der Waals surface area contributed by atoms with Crippen LogP contribution in [-0.2, 0) is 0 Å². The SMILES string of the molecule is Bc1cc(N2CCN(B)CC2)ccc1C(=O)O. The molecule has 0 saturated carbocycles. The molecule has 1 aromatic carbocycles. The maximum atomic E-state index is 10.9. The van der Waals surface area contributed by atoms with Crippen molar-refractivity contribution in [1.29, 1.82) is 0 Å². The predicted octanol–water partition coefficient (Wildman–Crippen LogP) is -1.69. The summed E-state index contributed by atoms with van der Waals surface area (Å²) >= 11 is 0. The van der Waals surface area contributed by atoms with E-state index in [1.807, 2.05) is 20.0 Å². The van der Waals surface area contributed by atoms with E-state index in [9.17, 15) is 4.79 Å². The molecule has 4 nitrogen and oxygen atoms in total. The molecule has 1 fully saturated rings. The Morgan fingerprint density at radius 3 is 2.41 bits per heavy atom. The Labute approximate surface area is 103 Å². The molecule has 1 aromatic rings. The van der Waals surface area contributed by atoms with E-state index in [2.05, 4.69) is 17.7 Å². The number of piperazine rings is 1. The van der Waals surface area contributed by atoms with Gasteiger partial charge >= 0.3 is 5.97 Å². The summed E-state index contributed by atoms with van der Waals surface area (Å²) < 4.78 is 0. The van der Waals surface area contributed by atoms with Crippen LogP contribution in [0.1, 0.15) is 10.4 Å². The Bertz CT molecular complexity index is 431. The summed E-state index contributed by atoms with van der Waals surface area (Å²) in [6, 6.07) is 5.57. The monoisotopic (exact) mass is 230 g/mol. The van der Waals surface area contributed by atoms with Crippen LogP contribution in [0.5, 0.6) is 0 Å². The van der Waals surface area contributed by atoms with Crippen molar-refractivity contribution in [3.8, 4) is 0 Å². The number of aromatic carboxylic acids is 1. The third kappa shape index (κ3) is 2.64. The molecule has 0 spiro atoms. The highest BCUT2D eigenvalue weighted by molar-refractivity contribution is 6.36. The van der Waals surface area contributed by atoms with Crippen molar-refractivity contribution in [2.75, 3.05) is 31.1 Å². The van der Waals surface area contributed by atoms with E-state index in [0.717, 1.165) is 37.3 Å². The minimum absolute atomic E-state index is 0.392. The van der Waals surface area contributed by atoms with Crippen LogP contribution in [0, 0.1) is 0 Å². The van der Waals surface area contributed by atoms with Crippen LogP contribution in [0.3, 0.4) is 0 Å². The van der Waals surface area contributed by atoms with Crippen molar-refractivity contribution < 1.29 is 9.90 Å².